The number of benzene rings is 1. The Morgan fingerprint density at radius 3 is 2.79 bits per heavy atom. The van der Waals surface area contributed by atoms with Crippen molar-refractivity contribution in [3.8, 4) is 11.5 Å². The molecule has 1 aliphatic rings. The zero-order valence-corrected chi connectivity index (χ0v) is 16.6. The first-order valence-corrected chi connectivity index (χ1v) is 9.76. The molecule has 0 aliphatic heterocycles. The molecule has 1 aromatic heterocycles. The van der Waals surface area contributed by atoms with Gasteiger partial charge in [-0.15, -0.1) is 10.2 Å². The first-order valence-electron chi connectivity index (χ1n) is 8.77. The molecule has 0 saturated heterocycles. The van der Waals surface area contributed by atoms with Gasteiger partial charge in [-0.25, -0.2) is 10.1 Å². The Morgan fingerprint density at radius 2 is 2.07 bits per heavy atom. The van der Waals surface area contributed by atoms with Crippen LogP contribution in [0.15, 0.2) is 28.5 Å². The van der Waals surface area contributed by atoms with Crippen LogP contribution in [0.5, 0.6) is 11.5 Å². The number of nitrogens with zero attached hydrogens (tertiary/aromatic N) is 4. The van der Waals surface area contributed by atoms with Crippen LogP contribution >= 0.6 is 11.8 Å². The van der Waals surface area contributed by atoms with Gasteiger partial charge in [0.1, 0.15) is 11.5 Å². The lowest BCUT2D eigenvalue weighted by Crippen LogP contribution is -2.17. The lowest BCUT2D eigenvalue weighted by atomic mass is 10.2. The molecule has 10 nitrogen and oxygen atoms in total. The number of aromatic nitrogens is 3. The van der Waals surface area contributed by atoms with Gasteiger partial charge in [-0.3, -0.25) is 4.79 Å². The van der Waals surface area contributed by atoms with E-state index in [1.165, 1.54) is 23.5 Å². The van der Waals surface area contributed by atoms with Gasteiger partial charge < -0.3 is 20.6 Å². The maximum absolute atomic E-state index is 12.3. The van der Waals surface area contributed by atoms with Crippen LogP contribution < -0.4 is 26.1 Å². The van der Waals surface area contributed by atoms with Gasteiger partial charge in [0.05, 0.1) is 25.7 Å². The van der Waals surface area contributed by atoms with Gasteiger partial charge in [-0.2, -0.15) is 5.10 Å². The fourth-order valence-corrected chi connectivity index (χ4v) is 3.36. The van der Waals surface area contributed by atoms with Gasteiger partial charge >= 0.3 is 0 Å². The van der Waals surface area contributed by atoms with Crippen molar-refractivity contribution in [2.75, 3.05) is 36.6 Å². The molecule has 2 aromatic rings. The summed E-state index contributed by atoms with van der Waals surface area (Å²) in [6, 6.07) is 5.17. The molecule has 0 unspecified atom stereocenters. The van der Waals surface area contributed by atoms with E-state index >= 15 is 0 Å². The number of ether oxygens (including phenoxy) is 2. The van der Waals surface area contributed by atoms with Crippen LogP contribution in [0.2, 0.25) is 0 Å². The molecule has 150 valence electrons. The SMILES string of the molecule is COc1ccc(OC)c(NC(=O)CSc2nnc(NN=C3CCCC3)n2N)c1. The van der Waals surface area contributed by atoms with E-state index in [1.807, 2.05) is 0 Å². The Morgan fingerprint density at radius 1 is 1.29 bits per heavy atom. The highest BCUT2D eigenvalue weighted by Gasteiger charge is 2.15. The molecule has 28 heavy (non-hydrogen) atoms. The number of nitrogens with two attached hydrogens (primary N) is 1. The summed E-state index contributed by atoms with van der Waals surface area (Å²) in [5.41, 5.74) is 4.46. The molecule has 1 aromatic carbocycles. The summed E-state index contributed by atoms with van der Waals surface area (Å²) in [5, 5.41) is 15.5. The molecule has 11 heteroatoms. The second-order valence-corrected chi connectivity index (χ2v) is 7.02. The molecule has 0 spiro atoms. The number of amides is 1. The van der Waals surface area contributed by atoms with E-state index in [1.54, 1.807) is 25.3 Å². The normalized spacial score (nSPS) is 13.3. The van der Waals surface area contributed by atoms with Crippen molar-refractivity contribution < 1.29 is 14.3 Å². The third-order valence-electron chi connectivity index (χ3n) is 4.17. The summed E-state index contributed by atoms with van der Waals surface area (Å²) in [4.78, 5) is 12.3. The largest absolute Gasteiger partial charge is 0.497 e. The number of carbonyl (C=O) groups is 1. The number of methoxy groups -OCH3 is 2. The second kappa shape index (κ2) is 9.31. The number of nitrogens with one attached hydrogen (secondary N) is 2. The first kappa shape index (κ1) is 19.8. The third kappa shape index (κ3) is 4.85. The number of hydrogen-bond donors (Lipinski definition) is 3. The number of carbonyl (C=O) groups excluding carboxylic acids is 1. The number of rotatable bonds is 8. The second-order valence-electron chi connectivity index (χ2n) is 6.08. The molecule has 4 N–H and O–H groups in total. The Bertz CT molecular complexity index is 860. The van der Waals surface area contributed by atoms with Crippen molar-refractivity contribution >= 4 is 35.0 Å². The van der Waals surface area contributed by atoms with Crippen molar-refractivity contribution in [1.82, 2.24) is 14.9 Å². The maximum Gasteiger partial charge on any atom is 0.264 e. The molecule has 1 heterocycles. The van der Waals surface area contributed by atoms with Gasteiger partial charge in [0, 0.05) is 11.8 Å². The standard InChI is InChI=1S/C17H23N7O3S/c1-26-12-7-8-14(27-2)13(9-12)19-15(25)10-28-17-23-22-16(24(17)18)21-20-11-5-3-4-6-11/h7-9H,3-6,10,18H2,1-2H3,(H,19,25)(H,21,22). The average molecular weight is 405 g/mol. The molecule has 0 atom stereocenters. The smallest absolute Gasteiger partial charge is 0.264 e. The Kier molecular flexibility index (Phi) is 6.58. The van der Waals surface area contributed by atoms with Crippen LogP contribution in [0.25, 0.3) is 0 Å². The number of thioether (sulfide) groups is 1. The van der Waals surface area contributed by atoms with E-state index < -0.39 is 0 Å². The highest BCUT2D eigenvalue weighted by Crippen LogP contribution is 2.29. The van der Waals surface area contributed by atoms with Gasteiger partial charge in [-0.05, 0) is 37.8 Å². The molecular weight excluding hydrogens is 382 g/mol. The molecule has 3 rings (SSSR count). The predicted molar refractivity (Wildman–Crippen MR) is 109 cm³/mol. The average Bonchev–Trinajstić information content (AvgIpc) is 3.34. The van der Waals surface area contributed by atoms with Gasteiger partial charge in [0.15, 0.2) is 0 Å². The van der Waals surface area contributed by atoms with Crippen LogP contribution in [0.4, 0.5) is 11.6 Å². The zero-order valence-electron chi connectivity index (χ0n) is 15.8. The van der Waals surface area contributed by atoms with Crippen LogP contribution in [0, 0.1) is 0 Å². The molecule has 1 amide bonds. The van der Waals surface area contributed by atoms with Crippen molar-refractivity contribution in [1.29, 1.82) is 0 Å². The van der Waals surface area contributed by atoms with Crippen LogP contribution in [0.3, 0.4) is 0 Å². The highest BCUT2D eigenvalue weighted by atomic mass is 32.2. The van der Waals surface area contributed by atoms with E-state index in [0.29, 0.717) is 28.3 Å². The van der Waals surface area contributed by atoms with Crippen molar-refractivity contribution in [2.24, 2.45) is 5.10 Å². The van der Waals surface area contributed by atoms with Crippen molar-refractivity contribution in [2.45, 2.75) is 30.8 Å². The molecule has 0 bridgehead atoms. The number of hydrogen-bond acceptors (Lipinski definition) is 9. The Labute approximate surface area is 166 Å². The number of nitrogen functional groups attached to an aromatic ring is 1. The van der Waals surface area contributed by atoms with E-state index in [0.717, 1.165) is 31.4 Å². The molecule has 0 radical (unpaired) electrons. The Balaban J connectivity index is 1.57. The van der Waals surface area contributed by atoms with E-state index in [4.69, 9.17) is 15.3 Å². The topological polar surface area (TPSA) is 129 Å². The number of anilines is 2. The van der Waals surface area contributed by atoms with Gasteiger partial charge in [0.25, 0.3) is 5.95 Å². The highest BCUT2D eigenvalue weighted by molar-refractivity contribution is 7.99. The summed E-state index contributed by atoms with van der Waals surface area (Å²) >= 11 is 1.17. The lowest BCUT2D eigenvalue weighted by molar-refractivity contribution is -0.113. The summed E-state index contributed by atoms with van der Waals surface area (Å²) < 4.78 is 11.7. The molecule has 1 saturated carbocycles. The van der Waals surface area contributed by atoms with E-state index in [2.05, 4.69) is 26.0 Å². The summed E-state index contributed by atoms with van der Waals surface area (Å²) in [6.45, 7) is 0. The minimum Gasteiger partial charge on any atom is -0.497 e. The van der Waals surface area contributed by atoms with Gasteiger partial charge in [-0.1, -0.05) is 11.8 Å². The zero-order chi connectivity index (χ0) is 19.9. The summed E-state index contributed by atoms with van der Waals surface area (Å²) in [5.74, 6) is 7.33. The third-order valence-corrected chi connectivity index (χ3v) is 5.12. The van der Waals surface area contributed by atoms with E-state index in [-0.39, 0.29) is 11.7 Å². The molecule has 1 fully saturated rings. The lowest BCUT2D eigenvalue weighted by Gasteiger charge is -2.11. The fraction of sp³-hybridized carbons (Fsp3) is 0.412. The number of hydrazone groups is 1. The minimum atomic E-state index is -0.236. The predicted octanol–water partition coefficient (Wildman–Crippen LogP) is 2.08. The fourth-order valence-electron chi connectivity index (χ4n) is 2.70. The monoisotopic (exact) mass is 405 g/mol. The van der Waals surface area contributed by atoms with Crippen LogP contribution in [-0.4, -0.2) is 46.5 Å². The molecule has 1 aliphatic carbocycles. The summed E-state index contributed by atoms with van der Waals surface area (Å²) in [7, 11) is 3.09. The quantitative estimate of drug-likeness (QED) is 0.346. The first-order chi connectivity index (χ1) is 13.6. The summed E-state index contributed by atoms with van der Waals surface area (Å²) in [6.07, 6.45) is 4.29. The van der Waals surface area contributed by atoms with Crippen molar-refractivity contribution in [3.63, 3.8) is 0 Å². The van der Waals surface area contributed by atoms with Gasteiger partial charge in [0.2, 0.25) is 11.1 Å². The van der Waals surface area contributed by atoms with Crippen molar-refractivity contribution in [3.05, 3.63) is 18.2 Å². The van der Waals surface area contributed by atoms with E-state index in [9.17, 15) is 4.79 Å². The van der Waals surface area contributed by atoms with Crippen LogP contribution in [0.1, 0.15) is 25.7 Å². The van der Waals surface area contributed by atoms with Crippen LogP contribution in [-0.2, 0) is 4.79 Å². The minimum absolute atomic E-state index is 0.101. The maximum atomic E-state index is 12.3. The Hall–Kier alpha value is -2.95. The molecular formula is C17H23N7O3S.